The Hall–Kier alpha value is -1.28. The van der Waals surface area contributed by atoms with Crippen LogP contribution in [0.4, 0.5) is 0 Å². The van der Waals surface area contributed by atoms with E-state index in [0.29, 0.717) is 6.61 Å². The molecule has 2 aromatic heterocycles. The van der Waals surface area contributed by atoms with Gasteiger partial charge in [0.1, 0.15) is 10.6 Å². The summed E-state index contributed by atoms with van der Waals surface area (Å²) >= 11 is 1.71. The van der Waals surface area contributed by atoms with Gasteiger partial charge in [-0.3, -0.25) is 9.58 Å². The first-order valence-electron chi connectivity index (χ1n) is 8.15. The van der Waals surface area contributed by atoms with Crippen LogP contribution in [-0.2, 0) is 22.6 Å². The quantitative estimate of drug-likeness (QED) is 0.853. The lowest BCUT2D eigenvalue weighted by atomic mass is 10.00. The molecule has 4 heterocycles. The number of thiazole rings is 1. The van der Waals surface area contributed by atoms with Crippen molar-refractivity contribution in [3.63, 3.8) is 0 Å². The molecule has 4 rings (SSSR count). The SMILES string of the molecule is c1cnn(C[C@@H]2CC[C@@]3(COCCN(Cc4nccs4)C3)O2)c1. The van der Waals surface area contributed by atoms with E-state index in [9.17, 15) is 0 Å². The molecule has 2 saturated heterocycles. The summed E-state index contributed by atoms with van der Waals surface area (Å²) in [4.78, 5) is 6.82. The van der Waals surface area contributed by atoms with Crippen LogP contribution in [-0.4, -0.2) is 57.7 Å². The van der Waals surface area contributed by atoms with E-state index in [1.165, 1.54) is 0 Å². The van der Waals surface area contributed by atoms with Gasteiger partial charge >= 0.3 is 0 Å². The van der Waals surface area contributed by atoms with Crippen molar-refractivity contribution in [3.05, 3.63) is 35.0 Å². The maximum Gasteiger partial charge on any atom is 0.107 e. The predicted octanol–water partition coefficient (Wildman–Crippen LogP) is 1.79. The third-order valence-corrected chi connectivity index (χ3v) is 5.32. The van der Waals surface area contributed by atoms with Crippen molar-refractivity contribution in [3.8, 4) is 0 Å². The molecule has 0 N–H and O–H groups in total. The van der Waals surface area contributed by atoms with Gasteiger partial charge in [0.15, 0.2) is 0 Å². The molecule has 0 unspecified atom stereocenters. The highest BCUT2D eigenvalue weighted by Crippen LogP contribution is 2.34. The minimum Gasteiger partial charge on any atom is -0.377 e. The second-order valence-electron chi connectivity index (χ2n) is 6.38. The summed E-state index contributed by atoms with van der Waals surface area (Å²) in [5, 5.41) is 7.48. The van der Waals surface area contributed by atoms with Crippen LogP contribution in [0.1, 0.15) is 17.8 Å². The van der Waals surface area contributed by atoms with Crippen LogP contribution in [0.15, 0.2) is 30.0 Å². The summed E-state index contributed by atoms with van der Waals surface area (Å²) in [7, 11) is 0. The molecule has 0 aromatic carbocycles. The lowest BCUT2D eigenvalue weighted by Crippen LogP contribution is -2.44. The fraction of sp³-hybridized carbons (Fsp3) is 0.625. The van der Waals surface area contributed by atoms with Crippen LogP contribution in [0.2, 0.25) is 0 Å². The van der Waals surface area contributed by atoms with Crippen LogP contribution in [0, 0.1) is 0 Å². The molecular formula is C16H22N4O2S. The molecule has 2 atom stereocenters. The Morgan fingerprint density at radius 1 is 1.39 bits per heavy atom. The maximum atomic E-state index is 6.45. The average molecular weight is 334 g/mol. The highest BCUT2D eigenvalue weighted by Gasteiger charge is 2.43. The minimum absolute atomic E-state index is 0.175. The number of nitrogens with zero attached hydrogens (tertiary/aromatic N) is 4. The summed E-state index contributed by atoms with van der Waals surface area (Å²) < 4.78 is 14.3. The maximum absolute atomic E-state index is 6.45. The Kier molecular flexibility index (Phi) is 4.43. The van der Waals surface area contributed by atoms with Crippen molar-refractivity contribution >= 4 is 11.3 Å². The Morgan fingerprint density at radius 2 is 2.39 bits per heavy atom. The molecule has 2 fully saturated rings. The van der Waals surface area contributed by atoms with Crippen LogP contribution in [0.5, 0.6) is 0 Å². The fourth-order valence-corrected chi connectivity index (χ4v) is 4.16. The third kappa shape index (κ3) is 3.63. The average Bonchev–Trinajstić information content (AvgIpc) is 3.25. The zero-order valence-electron chi connectivity index (χ0n) is 13.1. The number of ether oxygens (including phenoxy) is 2. The van der Waals surface area contributed by atoms with Crippen molar-refractivity contribution in [2.75, 3.05) is 26.3 Å². The highest BCUT2D eigenvalue weighted by molar-refractivity contribution is 7.09. The molecular weight excluding hydrogens is 312 g/mol. The van der Waals surface area contributed by atoms with Crippen LogP contribution >= 0.6 is 11.3 Å². The summed E-state index contributed by atoms with van der Waals surface area (Å²) in [5.41, 5.74) is -0.175. The molecule has 23 heavy (non-hydrogen) atoms. The topological polar surface area (TPSA) is 52.4 Å². The Labute approximate surface area is 140 Å². The van der Waals surface area contributed by atoms with E-state index in [4.69, 9.17) is 9.47 Å². The van der Waals surface area contributed by atoms with E-state index >= 15 is 0 Å². The number of rotatable bonds is 4. The number of aromatic nitrogens is 3. The normalized spacial score (nSPS) is 29.1. The Bertz CT molecular complexity index is 604. The zero-order valence-corrected chi connectivity index (χ0v) is 14.0. The van der Waals surface area contributed by atoms with Gasteiger partial charge in [-0.25, -0.2) is 4.98 Å². The van der Waals surface area contributed by atoms with Gasteiger partial charge in [-0.1, -0.05) is 0 Å². The molecule has 6 nitrogen and oxygen atoms in total. The van der Waals surface area contributed by atoms with Crippen molar-refractivity contribution in [2.24, 2.45) is 0 Å². The molecule has 2 aromatic rings. The van der Waals surface area contributed by atoms with Gasteiger partial charge in [-0.15, -0.1) is 11.3 Å². The summed E-state index contributed by atoms with van der Waals surface area (Å²) in [6.07, 6.45) is 8.01. The number of hydrogen-bond donors (Lipinski definition) is 0. The smallest absolute Gasteiger partial charge is 0.107 e. The molecule has 0 aliphatic carbocycles. The largest absolute Gasteiger partial charge is 0.377 e. The van der Waals surface area contributed by atoms with E-state index in [1.54, 1.807) is 11.3 Å². The van der Waals surface area contributed by atoms with Crippen molar-refractivity contribution in [1.29, 1.82) is 0 Å². The first-order chi connectivity index (χ1) is 11.3. The fourth-order valence-electron chi connectivity index (χ4n) is 3.50. The summed E-state index contributed by atoms with van der Waals surface area (Å²) in [6, 6.07) is 1.95. The lowest BCUT2D eigenvalue weighted by Gasteiger charge is -2.31. The van der Waals surface area contributed by atoms with Crippen molar-refractivity contribution < 1.29 is 9.47 Å². The molecule has 1 spiro atoms. The Balaban J connectivity index is 1.40. The van der Waals surface area contributed by atoms with E-state index in [-0.39, 0.29) is 11.7 Å². The monoisotopic (exact) mass is 334 g/mol. The van der Waals surface area contributed by atoms with Crippen LogP contribution < -0.4 is 0 Å². The standard InChI is InChI=1S/C16H22N4O2S/c1-4-18-20(6-1)10-14-2-3-16(22-14)12-19(7-8-21-13-16)11-15-17-5-9-23-15/h1,4-6,9,14H,2-3,7-8,10-13H2/t14-,16+/m0/s1. The molecule has 0 radical (unpaired) electrons. The van der Waals surface area contributed by atoms with Crippen molar-refractivity contribution in [1.82, 2.24) is 19.7 Å². The number of hydrogen-bond acceptors (Lipinski definition) is 6. The molecule has 2 aliphatic rings. The molecule has 7 heteroatoms. The van der Waals surface area contributed by atoms with Gasteiger partial charge in [0, 0.05) is 37.1 Å². The molecule has 0 saturated carbocycles. The third-order valence-electron chi connectivity index (χ3n) is 4.56. The van der Waals surface area contributed by atoms with E-state index in [0.717, 1.165) is 50.6 Å². The van der Waals surface area contributed by atoms with Gasteiger partial charge in [0.05, 0.1) is 32.4 Å². The zero-order chi connectivity index (χ0) is 15.5. The molecule has 124 valence electrons. The second kappa shape index (κ2) is 6.68. The van der Waals surface area contributed by atoms with Gasteiger partial charge in [-0.2, -0.15) is 5.10 Å². The van der Waals surface area contributed by atoms with Crippen LogP contribution in [0.25, 0.3) is 0 Å². The minimum atomic E-state index is -0.175. The van der Waals surface area contributed by atoms with E-state index in [1.807, 2.05) is 34.7 Å². The first kappa shape index (κ1) is 15.3. The van der Waals surface area contributed by atoms with Gasteiger partial charge in [0.25, 0.3) is 0 Å². The van der Waals surface area contributed by atoms with Crippen LogP contribution in [0.3, 0.4) is 0 Å². The Morgan fingerprint density at radius 3 is 3.22 bits per heavy atom. The summed E-state index contributed by atoms with van der Waals surface area (Å²) in [5.74, 6) is 0. The predicted molar refractivity (Wildman–Crippen MR) is 87.3 cm³/mol. The molecule has 0 amide bonds. The van der Waals surface area contributed by atoms with E-state index in [2.05, 4.69) is 15.0 Å². The molecule has 2 aliphatic heterocycles. The highest BCUT2D eigenvalue weighted by atomic mass is 32.1. The van der Waals surface area contributed by atoms with Gasteiger partial charge < -0.3 is 9.47 Å². The van der Waals surface area contributed by atoms with E-state index < -0.39 is 0 Å². The summed E-state index contributed by atoms with van der Waals surface area (Å²) in [6.45, 7) is 5.02. The van der Waals surface area contributed by atoms with Gasteiger partial charge in [-0.05, 0) is 18.9 Å². The van der Waals surface area contributed by atoms with Gasteiger partial charge in [0.2, 0.25) is 0 Å². The second-order valence-corrected chi connectivity index (χ2v) is 7.36. The first-order valence-corrected chi connectivity index (χ1v) is 9.03. The molecule has 0 bridgehead atoms. The lowest BCUT2D eigenvalue weighted by molar-refractivity contribution is -0.0904. The van der Waals surface area contributed by atoms with Crippen molar-refractivity contribution in [2.45, 2.75) is 37.6 Å².